The number of hydrogen-bond acceptors (Lipinski definition) is 3. The molecule has 0 aliphatic carbocycles. The minimum absolute atomic E-state index is 0.266. The fourth-order valence-electron chi connectivity index (χ4n) is 2.37. The Labute approximate surface area is 100 Å². The zero-order valence-corrected chi connectivity index (χ0v) is 11.1. The molecule has 0 aromatic carbocycles. The highest BCUT2D eigenvalue weighted by molar-refractivity contribution is 4.92. The highest BCUT2D eigenvalue weighted by Gasteiger charge is 2.25. The van der Waals surface area contributed by atoms with E-state index in [-0.39, 0.29) is 6.04 Å². The summed E-state index contributed by atoms with van der Waals surface area (Å²) in [6.45, 7) is 9.47. The standard InChI is InChI=1S/C13H27N3/c1-11(2)6-7-12(14)13-10-15(3)8-5-9-16(13)4/h12-13H,1,5-10,14H2,2-4H3. The maximum Gasteiger partial charge on any atom is 0.0371 e. The first-order valence-corrected chi connectivity index (χ1v) is 6.29. The van der Waals surface area contributed by atoms with Gasteiger partial charge in [0.05, 0.1) is 0 Å². The van der Waals surface area contributed by atoms with E-state index in [1.54, 1.807) is 0 Å². The Morgan fingerprint density at radius 3 is 2.75 bits per heavy atom. The van der Waals surface area contributed by atoms with Crippen LogP contribution in [0, 0.1) is 0 Å². The van der Waals surface area contributed by atoms with E-state index >= 15 is 0 Å². The van der Waals surface area contributed by atoms with Crippen LogP contribution < -0.4 is 5.73 Å². The smallest absolute Gasteiger partial charge is 0.0371 e. The molecule has 2 N–H and O–H groups in total. The monoisotopic (exact) mass is 225 g/mol. The van der Waals surface area contributed by atoms with E-state index in [1.165, 1.54) is 18.5 Å². The van der Waals surface area contributed by atoms with Crippen LogP contribution >= 0.6 is 0 Å². The van der Waals surface area contributed by atoms with Crippen molar-refractivity contribution in [2.45, 2.75) is 38.3 Å². The number of nitrogens with zero attached hydrogens (tertiary/aromatic N) is 2. The van der Waals surface area contributed by atoms with Gasteiger partial charge < -0.3 is 15.5 Å². The van der Waals surface area contributed by atoms with Crippen LogP contribution in [0.25, 0.3) is 0 Å². The van der Waals surface area contributed by atoms with Crippen molar-refractivity contribution in [3.63, 3.8) is 0 Å². The van der Waals surface area contributed by atoms with Crippen LogP contribution in [-0.2, 0) is 0 Å². The van der Waals surface area contributed by atoms with Crippen LogP contribution in [0.5, 0.6) is 0 Å². The van der Waals surface area contributed by atoms with Gasteiger partial charge in [0.25, 0.3) is 0 Å². The summed E-state index contributed by atoms with van der Waals surface area (Å²) in [5.74, 6) is 0. The molecule has 1 fully saturated rings. The van der Waals surface area contributed by atoms with Crippen LogP contribution in [0.1, 0.15) is 26.2 Å². The maximum atomic E-state index is 6.31. The fourth-order valence-corrected chi connectivity index (χ4v) is 2.37. The first-order valence-electron chi connectivity index (χ1n) is 6.29. The highest BCUT2D eigenvalue weighted by atomic mass is 15.2. The van der Waals surface area contributed by atoms with Gasteiger partial charge in [0.15, 0.2) is 0 Å². The molecule has 0 saturated carbocycles. The normalized spacial score (nSPS) is 26.4. The van der Waals surface area contributed by atoms with Crippen molar-refractivity contribution in [3.8, 4) is 0 Å². The fraction of sp³-hybridized carbons (Fsp3) is 0.846. The lowest BCUT2D eigenvalue weighted by atomic mass is 10.00. The third kappa shape index (κ3) is 4.24. The third-order valence-corrected chi connectivity index (χ3v) is 3.51. The van der Waals surface area contributed by atoms with Crippen molar-refractivity contribution < 1.29 is 0 Å². The lowest BCUT2D eigenvalue weighted by Crippen LogP contribution is -2.50. The first-order chi connectivity index (χ1) is 7.50. The van der Waals surface area contributed by atoms with E-state index in [2.05, 4.69) is 37.4 Å². The van der Waals surface area contributed by atoms with Gasteiger partial charge in [-0.1, -0.05) is 5.57 Å². The summed E-state index contributed by atoms with van der Waals surface area (Å²) >= 11 is 0. The zero-order valence-electron chi connectivity index (χ0n) is 11.1. The average Bonchev–Trinajstić information content (AvgIpc) is 2.37. The van der Waals surface area contributed by atoms with E-state index in [4.69, 9.17) is 5.73 Å². The van der Waals surface area contributed by atoms with Crippen LogP contribution in [0.15, 0.2) is 12.2 Å². The topological polar surface area (TPSA) is 32.5 Å². The second-order valence-corrected chi connectivity index (χ2v) is 5.32. The van der Waals surface area contributed by atoms with Gasteiger partial charge in [-0.2, -0.15) is 0 Å². The average molecular weight is 225 g/mol. The Morgan fingerprint density at radius 1 is 1.44 bits per heavy atom. The zero-order chi connectivity index (χ0) is 12.1. The first kappa shape index (κ1) is 13.7. The van der Waals surface area contributed by atoms with Gasteiger partial charge in [-0.25, -0.2) is 0 Å². The molecule has 2 unspecified atom stereocenters. The van der Waals surface area contributed by atoms with Crippen LogP contribution in [0.3, 0.4) is 0 Å². The van der Waals surface area contributed by atoms with Crippen molar-refractivity contribution >= 4 is 0 Å². The van der Waals surface area contributed by atoms with Crippen molar-refractivity contribution in [1.82, 2.24) is 9.80 Å². The third-order valence-electron chi connectivity index (χ3n) is 3.51. The molecule has 1 saturated heterocycles. The summed E-state index contributed by atoms with van der Waals surface area (Å²) in [6, 6.07) is 0.758. The molecule has 3 heteroatoms. The summed E-state index contributed by atoms with van der Waals surface area (Å²) < 4.78 is 0. The van der Waals surface area contributed by atoms with E-state index in [0.29, 0.717) is 6.04 Å². The van der Waals surface area contributed by atoms with Crippen LogP contribution in [-0.4, -0.2) is 55.6 Å². The summed E-state index contributed by atoms with van der Waals surface area (Å²) in [5, 5.41) is 0. The van der Waals surface area contributed by atoms with Gasteiger partial charge in [0, 0.05) is 18.6 Å². The predicted octanol–water partition coefficient (Wildman–Crippen LogP) is 1.31. The van der Waals surface area contributed by atoms with Gasteiger partial charge in [-0.15, -0.1) is 6.58 Å². The van der Waals surface area contributed by atoms with Crippen LogP contribution in [0.2, 0.25) is 0 Å². The Kier molecular flexibility index (Phi) is 5.46. The minimum atomic E-state index is 0.266. The number of hydrogen-bond donors (Lipinski definition) is 1. The molecule has 0 amide bonds. The number of nitrogens with two attached hydrogens (primary N) is 1. The van der Waals surface area contributed by atoms with E-state index in [1.807, 2.05) is 0 Å². The lowest BCUT2D eigenvalue weighted by Gasteiger charge is -2.32. The van der Waals surface area contributed by atoms with Gasteiger partial charge in [0.1, 0.15) is 0 Å². The molecule has 1 aliphatic heterocycles. The molecule has 94 valence electrons. The molecular weight excluding hydrogens is 198 g/mol. The van der Waals surface area contributed by atoms with Gasteiger partial charge in [0.2, 0.25) is 0 Å². The molecule has 3 nitrogen and oxygen atoms in total. The van der Waals surface area contributed by atoms with E-state index in [9.17, 15) is 0 Å². The summed E-state index contributed by atoms with van der Waals surface area (Å²) in [5.41, 5.74) is 7.55. The summed E-state index contributed by atoms with van der Waals surface area (Å²) in [6.07, 6.45) is 3.35. The predicted molar refractivity (Wildman–Crippen MR) is 70.6 cm³/mol. The molecule has 1 heterocycles. The molecule has 2 atom stereocenters. The van der Waals surface area contributed by atoms with Crippen molar-refractivity contribution in [1.29, 1.82) is 0 Å². The van der Waals surface area contributed by atoms with Crippen molar-refractivity contribution in [2.24, 2.45) is 5.73 Å². The number of allylic oxidation sites excluding steroid dienone is 1. The molecule has 16 heavy (non-hydrogen) atoms. The van der Waals surface area contributed by atoms with Crippen LogP contribution in [0.4, 0.5) is 0 Å². The number of likely N-dealkylation sites (N-methyl/N-ethyl adjacent to an activating group) is 2. The van der Waals surface area contributed by atoms with E-state index < -0.39 is 0 Å². The highest BCUT2D eigenvalue weighted by Crippen LogP contribution is 2.14. The van der Waals surface area contributed by atoms with Gasteiger partial charge >= 0.3 is 0 Å². The number of rotatable bonds is 4. The second-order valence-electron chi connectivity index (χ2n) is 5.32. The Morgan fingerprint density at radius 2 is 2.12 bits per heavy atom. The molecule has 1 rings (SSSR count). The maximum absolute atomic E-state index is 6.31. The van der Waals surface area contributed by atoms with Gasteiger partial charge in [-0.05, 0) is 53.4 Å². The second kappa shape index (κ2) is 6.38. The van der Waals surface area contributed by atoms with Crippen molar-refractivity contribution in [2.75, 3.05) is 33.7 Å². The van der Waals surface area contributed by atoms with Gasteiger partial charge in [-0.3, -0.25) is 0 Å². The molecule has 0 aromatic rings. The Bertz CT molecular complexity index is 227. The Hall–Kier alpha value is -0.380. The molecule has 0 bridgehead atoms. The summed E-state index contributed by atoms with van der Waals surface area (Å²) in [4.78, 5) is 4.82. The molecule has 1 aliphatic rings. The Balaban J connectivity index is 2.49. The largest absolute Gasteiger partial charge is 0.326 e. The molecule has 0 aromatic heterocycles. The summed E-state index contributed by atoms with van der Waals surface area (Å²) in [7, 11) is 4.39. The van der Waals surface area contributed by atoms with Crippen molar-refractivity contribution in [3.05, 3.63) is 12.2 Å². The minimum Gasteiger partial charge on any atom is -0.326 e. The molecule has 0 radical (unpaired) electrons. The molecule has 0 spiro atoms. The lowest BCUT2D eigenvalue weighted by molar-refractivity contribution is 0.191. The molecular formula is C13H27N3. The quantitative estimate of drug-likeness (QED) is 0.732. The van der Waals surface area contributed by atoms with E-state index in [0.717, 1.165) is 25.9 Å². The SMILES string of the molecule is C=C(C)CCC(N)C1CN(C)CCCN1C.